The van der Waals surface area contributed by atoms with E-state index in [9.17, 15) is 0 Å². The fraction of sp³-hybridized carbons (Fsp3) is 0.667. The third kappa shape index (κ3) is 5.70. The van der Waals surface area contributed by atoms with E-state index in [-0.39, 0.29) is 0 Å². The molecule has 0 rings (SSSR count). The predicted octanol–water partition coefficient (Wildman–Crippen LogP) is 2.16. The molecular weight excluding hydrogens is 251 g/mol. The van der Waals surface area contributed by atoms with Crippen molar-refractivity contribution in [2.45, 2.75) is 23.2 Å². The maximum absolute atomic E-state index is 4.12. The van der Waals surface area contributed by atoms with Gasteiger partial charge in [-0.15, -0.1) is 0 Å². The van der Waals surface area contributed by atoms with Crippen molar-refractivity contribution in [3.63, 3.8) is 0 Å². The van der Waals surface area contributed by atoms with Crippen LogP contribution in [0.25, 0.3) is 0 Å². The first-order chi connectivity index (χ1) is 5.72. The fourth-order valence-corrected chi connectivity index (χ4v) is 4.31. The standard InChI is InChI=1S/C7H13N2.2CH3.In/c1-3-8-6-5-7-9-4-2;;;/h5-7H,3-4H2,1-2H3;2*1H3;/q-1;;;+1/b6-5-,9-7?;;;. The summed E-state index contributed by atoms with van der Waals surface area (Å²) in [5, 5.41) is 0. The minimum absolute atomic E-state index is 0.876. The Bertz CT molecular complexity index is 153. The molecule has 0 aliphatic rings. The number of rotatable bonds is 5. The van der Waals surface area contributed by atoms with Crippen LogP contribution in [-0.4, -0.2) is 43.9 Å². The van der Waals surface area contributed by atoms with Gasteiger partial charge in [0.05, 0.1) is 0 Å². The summed E-state index contributed by atoms with van der Waals surface area (Å²) >= 11 is -1.28. The van der Waals surface area contributed by atoms with Gasteiger partial charge in [0.15, 0.2) is 0 Å². The van der Waals surface area contributed by atoms with Crippen molar-refractivity contribution in [2.75, 3.05) is 13.1 Å². The Morgan fingerprint density at radius 1 is 1.33 bits per heavy atom. The molecule has 0 radical (unpaired) electrons. The zero-order valence-corrected chi connectivity index (χ0v) is 11.9. The van der Waals surface area contributed by atoms with E-state index in [1.165, 1.54) is 0 Å². The van der Waals surface area contributed by atoms with Gasteiger partial charge in [0.25, 0.3) is 0 Å². The molecule has 0 aliphatic carbocycles. The van der Waals surface area contributed by atoms with Gasteiger partial charge in [-0.2, -0.15) is 0 Å². The van der Waals surface area contributed by atoms with Crippen molar-refractivity contribution < 1.29 is 0 Å². The van der Waals surface area contributed by atoms with Crippen LogP contribution >= 0.6 is 0 Å². The second-order valence-electron chi connectivity index (χ2n) is 2.91. The number of allylic oxidation sites excluding steroid dienone is 1. The third-order valence-electron chi connectivity index (χ3n) is 1.68. The van der Waals surface area contributed by atoms with Gasteiger partial charge in [-0.25, -0.2) is 0 Å². The van der Waals surface area contributed by atoms with E-state index in [0.29, 0.717) is 0 Å². The molecular formula is C9H19InN2. The summed E-state index contributed by atoms with van der Waals surface area (Å²) < 4.78 is 7.27. The fourth-order valence-electron chi connectivity index (χ4n) is 0.958. The van der Waals surface area contributed by atoms with Crippen LogP contribution in [-0.2, 0) is 0 Å². The average molecular weight is 270 g/mol. The molecule has 0 N–H and O–H groups in total. The summed E-state index contributed by atoms with van der Waals surface area (Å²) in [7, 11) is 0. The van der Waals surface area contributed by atoms with Crippen molar-refractivity contribution in [2.24, 2.45) is 4.99 Å². The maximum atomic E-state index is 4.12. The molecule has 0 amide bonds. The van der Waals surface area contributed by atoms with E-state index in [2.05, 4.69) is 30.4 Å². The van der Waals surface area contributed by atoms with Gasteiger partial charge in [0, 0.05) is 0 Å². The summed E-state index contributed by atoms with van der Waals surface area (Å²) in [6.07, 6.45) is 6.11. The first-order valence-corrected chi connectivity index (χ1v) is 12.7. The van der Waals surface area contributed by atoms with Gasteiger partial charge < -0.3 is 0 Å². The summed E-state index contributed by atoms with van der Waals surface area (Å²) in [6.45, 7) is 6.27. The predicted molar refractivity (Wildman–Crippen MR) is 58.0 cm³/mol. The van der Waals surface area contributed by atoms with E-state index >= 15 is 0 Å². The van der Waals surface area contributed by atoms with Crippen LogP contribution in [0.3, 0.4) is 0 Å². The van der Waals surface area contributed by atoms with Crippen LogP contribution in [0.1, 0.15) is 13.8 Å². The van der Waals surface area contributed by atoms with E-state index < -0.39 is 21.7 Å². The van der Waals surface area contributed by atoms with Crippen molar-refractivity contribution in [3.05, 3.63) is 12.3 Å². The van der Waals surface area contributed by atoms with Gasteiger partial charge in [0.1, 0.15) is 0 Å². The average Bonchev–Trinajstić information content (AvgIpc) is 2.04. The first kappa shape index (κ1) is 12.1. The van der Waals surface area contributed by atoms with E-state index in [4.69, 9.17) is 0 Å². The van der Waals surface area contributed by atoms with Gasteiger partial charge in [0.2, 0.25) is 0 Å². The summed E-state index contributed by atoms with van der Waals surface area (Å²) in [5.74, 6) is 0. The van der Waals surface area contributed by atoms with Gasteiger partial charge in [-0.1, -0.05) is 0 Å². The Labute approximate surface area is 84.3 Å². The zero-order valence-electron chi connectivity index (χ0n) is 8.62. The number of aliphatic imine (C=N–C) groups is 1. The minimum atomic E-state index is -1.28. The van der Waals surface area contributed by atoms with Crippen molar-refractivity contribution in [3.8, 4) is 0 Å². The Hall–Kier alpha value is 0.0801. The molecule has 0 saturated carbocycles. The molecule has 0 aromatic rings. The SMILES string of the molecule is CCN=C/C=C\[N](CC)[In]([CH3])[CH3]. The number of hydrogen-bond acceptors (Lipinski definition) is 2. The molecule has 3 heteroatoms. The van der Waals surface area contributed by atoms with Gasteiger partial charge in [-0.3, -0.25) is 0 Å². The first-order valence-electron chi connectivity index (χ1n) is 4.64. The van der Waals surface area contributed by atoms with E-state index in [0.717, 1.165) is 13.1 Å². The molecule has 0 spiro atoms. The van der Waals surface area contributed by atoms with Crippen molar-refractivity contribution in [1.29, 1.82) is 0 Å². The second-order valence-corrected chi connectivity index (χ2v) is 11.1. The van der Waals surface area contributed by atoms with Crippen LogP contribution in [0.4, 0.5) is 0 Å². The Balaban J connectivity index is 3.84. The van der Waals surface area contributed by atoms with Crippen LogP contribution in [0.2, 0.25) is 9.36 Å². The molecule has 0 unspecified atom stereocenters. The molecule has 0 atom stereocenters. The Morgan fingerprint density at radius 2 is 2.00 bits per heavy atom. The quantitative estimate of drug-likeness (QED) is 0.699. The molecule has 0 bridgehead atoms. The Morgan fingerprint density at radius 3 is 2.42 bits per heavy atom. The summed E-state index contributed by atoms with van der Waals surface area (Å²) in [5.41, 5.74) is 0. The van der Waals surface area contributed by atoms with E-state index in [1.54, 1.807) is 0 Å². The molecule has 2 nitrogen and oxygen atoms in total. The molecule has 0 aromatic carbocycles. The normalized spacial score (nSPS) is 11.3. The van der Waals surface area contributed by atoms with Crippen LogP contribution in [0, 0.1) is 0 Å². The second kappa shape index (κ2) is 7.71. The summed E-state index contributed by atoms with van der Waals surface area (Å²) in [6, 6.07) is 0. The summed E-state index contributed by atoms with van der Waals surface area (Å²) in [4.78, 5) is 4.12. The molecule has 0 saturated heterocycles. The van der Waals surface area contributed by atoms with Crippen LogP contribution in [0.15, 0.2) is 17.3 Å². The monoisotopic (exact) mass is 270 g/mol. The molecule has 0 heterocycles. The van der Waals surface area contributed by atoms with Gasteiger partial charge in [-0.05, 0) is 0 Å². The van der Waals surface area contributed by atoms with Crippen LogP contribution in [0.5, 0.6) is 0 Å². The van der Waals surface area contributed by atoms with Crippen LogP contribution < -0.4 is 0 Å². The van der Waals surface area contributed by atoms with E-state index in [1.807, 2.05) is 19.2 Å². The topological polar surface area (TPSA) is 15.6 Å². The third-order valence-corrected chi connectivity index (χ3v) is 7.00. The number of hydrogen-bond donors (Lipinski definition) is 0. The molecule has 0 aliphatic heterocycles. The van der Waals surface area contributed by atoms with Crippen molar-refractivity contribution in [1.82, 2.24) is 2.89 Å². The number of nitrogens with zero attached hydrogens (tertiary/aromatic N) is 2. The Kier molecular flexibility index (Phi) is 7.77. The zero-order chi connectivity index (χ0) is 9.40. The molecule has 68 valence electrons. The molecule has 0 aromatic heterocycles. The van der Waals surface area contributed by atoms with Crippen molar-refractivity contribution >= 4 is 27.9 Å². The molecule has 0 fully saturated rings. The molecule has 12 heavy (non-hydrogen) atoms. The van der Waals surface area contributed by atoms with Gasteiger partial charge >= 0.3 is 84.4 Å².